The van der Waals surface area contributed by atoms with Crippen molar-refractivity contribution in [2.75, 3.05) is 75.3 Å². The van der Waals surface area contributed by atoms with Crippen molar-refractivity contribution in [2.45, 2.75) is 6.54 Å². The fourth-order valence-electron chi connectivity index (χ4n) is 3.97. The van der Waals surface area contributed by atoms with Crippen LogP contribution in [0.25, 0.3) is 0 Å². The molecule has 2 fully saturated rings. The molecule has 0 unspecified atom stereocenters. The molecule has 2 aliphatic heterocycles. The van der Waals surface area contributed by atoms with E-state index in [1.165, 1.54) is 5.56 Å². The highest BCUT2D eigenvalue weighted by atomic mass is 16.3. The molecule has 7 heteroatoms. The Bertz CT molecular complexity index is 709. The van der Waals surface area contributed by atoms with Crippen LogP contribution in [0.3, 0.4) is 0 Å². The van der Waals surface area contributed by atoms with Gasteiger partial charge in [-0.1, -0.05) is 30.3 Å². The molecule has 0 atom stereocenters. The van der Waals surface area contributed by atoms with Crippen molar-refractivity contribution in [2.24, 2.45) is 0 Å². The molecule has 7 nitrogen and oxygen atoms in total. The average molecular weight is 383 g/mol. The summed E-state index contributed by atoms with van der Waals surface area (Å²) in [5, 5.41) is 18.1. The van der Waals surface area contributed by atoms with E-state index in [9.17, 15) is 0 Å². The zero-order valence-corrected chi connectivity index (χ0v) is 16.5. The molecule has 2 aliphatic rings. The van der Waals surface area contributed by atoms with Gasteiger partial charge in [-0.05, 0) is 17.7 Å². The van der Waals surface area contributed by atoms with Crippen LogP contribution in [0.5, 0.6) is 0 Å². The predicted octanol–water partition coefficient (Wildman–Crippen LogP) is 0.913. The molecule has 4 rings (SSSR count). The van der Waals surface area contributed by atoms with Crippen LogP contribution in [0.1, 0.15) is 5.56 Å². The Morgan fingerprint density at radius 1 is 0.679 bits per heavy atom. The van der Waals surface area contributed by atoms with Gasteiger partial charge in [-0.3, -0.25) is 9.80 Å². The lowest BCUT2D eigenvalue weighted by atomic mass is 10.2. The average Bonchev–Trinajstić information content (AvgIpc) is 2.76. The molecular formula is C21H30N6O. The molecule has 2 saturated heterocycles. The maximum absolute atomic E-state index is 9.06. The van der Waals surface area contributed by atoms with Crippen molar-refractivity contribution < 1.29 is 5.11 Å². The third-order valence-electron chi connectivity index (χ3n) is 5.69. The number of piperazine rings is 2. The molecule has 0 radical (unpaired) electrons. The molecule has 0 saturated carbocycles. The van der Waals surface area contributed by atoms with E-state index in [0.29, 0.717) is 0 Å². The number of benzene rings is 1. The Kier molecular flexibility index (Phi) is 6.36. The largest absolute Gasteiger partial charge is 0.395 e. The molecule has 0 bridgehead atoms. The van der Waals surface area contributed by atoms with Gasteiger partial charge in [0.25, 0.3) is 0 Å². The van der Waals surface area contributed by atoms with Crippen LogP contribution in [0.2, 0.25) is 0 Å². The van der Waals surface area contributed by atoms with Crippen molar-refractivity contribution in [1.82, 2.24) is 20.0 Å². The number of rotatable bonds is 6. The van der Waals surface area contributed by atoms with Crippen LogP contribution in [0.15, 0.2) is 42.5 Å². The number of aromatic nitrogens is 2. The topological polar surface area (TPSA) is 59.0 Å². The van der Waals surface area contributed by atoms with E-state index in [1.54, 1.807) is 0 Å². The minimum absolute atomic E-state index is 0.229. The van der Waals surface area contributed by atoms with Crippen LogP contribution >= 0.6 is 0 Å². The van der Waals surface area contributed by atoms with E-state index in [1.807, 2.05) is 0 Å². The number of aliphatic hydroxyl groups is 1. The second-order valence-corrected chi connectivity index (χ2v) is 7.55. The molecule has 0 aliphatic carbocycles. The smallest absolute Gasteiger partial charge is 0.151 e. The summed E-state index contributed by atoms with van der Waals surface area (Å²) in [6.07, 6.45) is 0. The molecule has 28 heavy (non-hydrogen) atoms. The second-order valence-electron chi connectivity index (χ2n) is 7.55. The quantitative estimate of drug-likeness (QED) is 0.797. The summed E-state index contributed by atoms with van der Waals surface area (Å²) in [5.41, 5.74) is 1.37. The summed E-state index contributed by atoms with van der Waals surface area (Å²) in [5.74, 6) is 1.93. The lowest BCUT2D eigenvalue weighted by molar-refractivity contribution is 0.188. The minimum atomic E-state index is 0.229. The van der Waals surface area contributed by atoms with Crippen LogP contribution in [0, 0.1) is 0 Å². The van der Waals surface area contributed by atoms with E-state index in [0.717, 1.165) is 77.1 Å². The first kappa shape index (κ1) is 19.1. The number of nitrogens with zero attached hydrogens (tertiary/aromatic N) is 6. The Morgan fingerprint density at radius 3 is 1.71 bits per heavy atom. The molecular weight excluding hydrogens is 352 g/mol. The maximum Gasteiger partial charge on any atom is 0.151 e. The highest BCUT2D eigenvalue weighted by Gasteiger charge is 2.20. The Labute approximate surface area is 167 Å². The van der Waals surface area contributed by atoms with E-state index in [2.05, 4.69) is 72.3 Å². The normalized spacial score (nSPS) is 19.2. The second kappa shape index (κ2) is 9.32. The van der Waals surface area contributed by atoms with Gasteiger partial charge in [0.05, 0.1) is 6.61 Å². The third-order valence-corrected chi connectivity index (χ3v) is 5.69. The molecule has 1 aromatic heterocycles. The third kappa shape index (κ3) is 4.79. The van der Waals surface area contributed by atoms with E-state index in [4.69, 9.17) is 5.11 Å². The van der Waals surface area contributed by atoms with Crippen LogP contribution in [-0.2, 0) is 6.54 Å². The first-order valence-corrected chi connectivity index (χ1v) is 10.2. The number of hydrogen-bond acceptors (Lipinski definition) is 7. The van der Waals surface area contributed by atoms with Gasteiger partial charge in [0, 0.05) is 65.4 Å². The highest BCUT2D eigenvalue weighted by molar-refractivity contribution is 5.45. The fourth-order valence-corrected chi connectivity index (χ4v) is 3.97. The first-order chi connectivity index (χ1) is 13.8. The standard InChI is InChI=1S/C21H30N6O/c28-17-16-24-8-12-26(13-9-24)20-6-7-21(23-22-20)27-14-10-25(11-15-27)18-19-4-2-1-3-5-19/h1-7,28H,8-18H2. The number of hydrogen-bond donors (Lipinski definition) is 1. The Hall–Kier alpha value is -2.22. The number of β-amino-alcohol motifs (C(OH)–C–C–N with tert-alkyl or cyclic N) is 1. The minimum Gasteiger partial charge on any atom is -0.395 e. The van der Waals surface area contributed by atoms with Gasteiger partial charge in [-0.15, -0.1) is 10.2 Å². The summed E-state index contributed by atoms with van der Waals surface area (Å²) >= 11 is 0. The highest BCUT2D eigenvalue weighted by Crippen LogP contribution is 2.18. The van der Waals surface area contributed by atoms with Gasteiger partial charge in [-0.2, -0.15) is 0 Å². The van der Waals surface area contributed by atoms with Crippen LogP contribution in [-0.4, -0.2) is 90.6 Å². The monoisotopic (exact) mass is 382 g/mol. The van der Waals surface area contributed by atoms with Crippen molar-refractivity contribution in [3.63, 3.8) is 0 Å². The summed E-state index contributed by atoms with van der Waals surface area (Å²) in [6.45, 7) is 9.88. The first-order valence-electron chi connectivity index (χ1n) is 10.2. The van der Waals surface area contributed by atoms with Crippen molar-refractivity contribution in [1.29, 1.82) is 0 Å². The summed E-state index contributed by atoms with van der Waals surface area (Å²) < 4.78 is 0. The van der Waals surface area contributed by atoms with Crippen molar-refractivity contribution >= 4 is 11.6 Å². The summed E-state index contributed by atoms with van der Waals surface area (Å²) in [4.78, 5) is 9.40. The van der Waals surface area contributed by atoms with Crippen molar-refractivity contribution in [3.05, 3.63) is 48.0 Å². The summed E-state index contributed by atoms with van der Waals surface area (Å²) in [7, 11) is 0. The fraction of sp³-hybridized carbons (Fsp3) is 0.524. The van der Waals surface area contributed by atoms with E-state index >= 15 is 0 Å². The number of anilines is 2. The summed E-state index contributed by atoms with van der Waals surface area (Å²) in [6, 6.07) is 14.9. The maximum atomic E-state index is 9.06. The van der Waals surface area contributed by atoms with Gasteiger partial charge in [0.15, 0.2) is 11.6 Å². The van der Waals surface area contributed by atoms with Gasteiger partial charge in [0.2, 0.25) is 0 Å². The molecule has 150 valence electrons. The van der Waals surface area contributed by atoms with Gasteiger partial charge in [0.1, 0.15) is 0 Å². The Morgan fingerprint density at radius 2 is 1.21 bits per heavy atom. The SMILES string of the molecule is OCCN1CCN(c2ccc(N3CCN(Cc4ccccc4)CC3)nn2)CC1. The van der Waals surface area contributed by atoms with Gasteiger partial charge in [-0.25, -0.2) is 0 Å². The lowest BCUT2D eigenvalue weighted by Gasteiger charge is -2.36. The zero-order valence-electron chi connectivity index (χ0n) is 16.5. The van der Waals surface area contributed by atoms with E-state index in [-0.39, 0.29) is 6.61 Å². The van der Waals surface area contributed by atoms with Crippen LogP contribution < -0.4 is 9.80 Å². The van der Waals surface area contributed by atoms with Crippen molar-refractivity contribution in [3.8, 4) is 0 Å². The number of aliphatic hydroxyl groups excluding tert-OH is 1. The molecule has 3 heterocycles. The molecule has 0 spiro atoms. The van der Waals surface area contributed by atoms with E-state index < -0.39 is 0 Å². The molecule has 1 aromatic carbocycles. The zero-order chi connectivity index (χ0) is 19.2. The Balaban J connectivity index is 1.27. The van der Waals surface area contributed by atoms with Gasteiger partial charge < -0.3 is 14.9 Å². The van der Waals surface area contributed by atoms with Gasteiger partial charge >= 0.3 is 0 Å². The lowest BCUT2D eigenvalue weighted by Crippen LogP contribution is -2.47. The molecule has 2 aromatic rings. The van der Waals surface area contributed by atoms with Crippen LogP contribution in [0.4, 0.5) is 11.6 Å². The molecule has 1 N–H and O–H groups in total. The predicted molar refractivity (Wildman–Crippen MR) is 112 cm³/mol. The molecule has 0 amide bonds.